The molecule has 1 amide bonds. The van der Waals surface area contributed by atoms with Crippen molar-refractivity contribution in [3.05, 3.63) is 0 Å². The van der Waals surface area contributed by atoms with Crippen LogP contribution in [0, 0.1) is 17.8 Å². The molecule has 2 aliphatic carbocycles. The van der Waals surface area contributed by atoms with Crippen LogP contribution in [0.1, 0.15) is 25.7 Å². The number of fused-ring (bicyclic) bond motifs is 2. The predicted octanol–water partition coefficient (Wildman–Crippen LogP) is 1.20. The zero-order chi connectivity index (χ0) is 11.0. The standard InChI is InChI=1S/C12H20N2OS/c15-12(11-6-16-7-14-11)13-5-10-4-8-1-2-9(10)3-8/h8-11,14H,1-7H2,(H,13,15). The quantitative estimate of drug-likeness (QED) is 0.779. The lowest BCUT2D eigenvalue weighted by Crippen LogP contribution is -2.44. The lowest BCUT2D eigenvalue weighted by atomic mass is 9.89. The third-order valence-corrected chi connectivity index (χ3v) is 5.40. The van der Waals surface area contributed by atoms with E-state index in [4.69, 9.17) is 0 Å². The highest BCUT2D eigenvalue weighted by atomic mass is 32.2. The zero-order valence-electron chi connectivity index (χ0n) is 9.58. The maximum absolute atomic E-state index is 11.8. The van der Waals surface area contributed by atoms with Crippen LogP contribution in [0.5, 0.6) is 0 Å². The summed E-state index contributed by atoms with van der Waals surface area (Å²) in [6.07, 6.45) is 5.63. The Hall–Kier alpha value is -0.220. The Balaban J connectivity index is 1.44. The van der Waals surface area contributed by atoms with Crippen molar-refractivity contribution in [3.63, 3.8) is 0 Å². The molecular formula is C12H20N2OS. The molecular weight excluding hydrogens is 220 g/mol. The molecule has 1 heterocycles. The number of rotatable bonds is 3. The van der Waals surface area contributed by atoms with Crippen molar-refractivity contribution in [2.45, 2.75) is 31.7 Å². The van der Waals surface area contributed by atoms with Gasteiger partial charge in [-0.2, -0.15) is 0 Å². The van der Waals surface area contributed by atoms with E-state index in [2.05, 4.69) is 10.6 Å². The van der Waals surface area contributed by atoms with Crippen LogP contribution in [-0.4, -0.2) is 30.1 Å². The summed E-state index contributed by atoms with van der Waals surface area (Å²) in [7, 11) is 0. The van der Waals surface area contributed by atoms with Crippen LogP contribution in [0.4, 0.5) is 0 Å². The normalized spacial score (nSPS) is 41.5. The minimum Gasteiger partial charge on any atom is -0.354 e. The Morgan fingerprint density at radius 1 is 1.38 bits per heavy atom. The van der Waals surface area contributed by atoms with Gasteiger partial charge in [-0.25, -0.2) is 0 Å². The molecule has 3 fully saturated rings. The van der Waals surface area contributed by atoms with Gasteiger partial charge >= 0.3 is 0 Å². The molecule has 2 N–H and O–H groups in total. The van der Waals surface area contributed by atoms with Crippen molar-refractivity contribution >= 4 is 17.7 Å². The summed E-state index contributed by atoms with van der Waals surface area (Å²) in [5.74, 6) is 4.74. The van der Waals surface area contributed by atoms with E-state index in [0.29, 0.717) is 0 Å². The van der Waals surface area contributed by atoms with Gasteiger partial charge in [-0.15, -0.1) is 11.8 Å². The molecule has 3 rings (SSSR count). The first kappa shape index (κ1) is 10.9. The van der Waals surface area contributed by atoms with Crippen molar-refractivity contribution < 1.29 is 4.79 Å². The molecule has 3 aliphatic rings. The van der Waals surface area contributed by atoms with Crippen LogP contribution in [-0.2, 0) is 4.79 Å². The first-order valence-corrected chi connectivity index (χ1v) is 7.57. The maximum atomic E-state index is 11.8. The largest absolute Gasteiger partial charge is 0.354 e. The lowest BCUT2D eigenvalue weighted by Gasteiger charge is -2.22. The highest BCUT2D eigenvalue weighted by molar-refractivity contribution is 7.99. The summed E-state index contributed by atoms with van der Waals surface area (Å²) < 4.78 is 0. The number of amides is 1. The lowest BCUT2D eigenvalue weighted by molar-refractivity contribution is -0.122. The molecule has 0 aromatic rings. The molecule has 0 aromatic heterocycles. The zero-order valence-corrected chi connectivity index (χ0v) is 10.4. The molecule has 4 heteroatoms. The van der Waals surface area contributed by atoms with E-state index in [9.17, 15) is 4.79 Å². The summed E-state index contributed by atoms with van der Waals surface area (Å²) >= 11 is 1.81. The van der Waals surface area contributed by atoms with E-state index in [1.807, 2.05) is 11.8 Å². The van der Waals surface area contributed by atoms with Gasteiger partial charge in [0.15, 0.2) is 0 Å². The molecule has 4 unspecified atom stereocenters. The Bertz CT molecular complexity index is 278. The smallest absolute Gasteiger partial charge is 0.238 e. The Labute approximate surface area is 101 Å². The van der Waals surface area contributed by atoms with E-state index in [1.54, 1.807) is 0 Å². The summed E-state index contributed by atoms with van der Waals surface area (Å²) in [6, 6.07) is 0.0589. The molecule has 1 saturated heterocycles. The van der Waals surface area contributed by atoms with Crippen LogP contribution in [0.3, 0.4) is 0 Å². The first-order chi connectivity index (χ1) is 7.83. The number of thioether (sulfide) groups is 1. The number of hydrogen-bond acceptors (Lipinski definition) is 3. The van der Waals surface area contributed by atoms with E-state index in [-0.39, 0.29) is 11.9 Å². The van der Waals surface area contributed by atoms with Crippen LogP contribution >= 0.6 is 11.8 Å². The third kappa shape index (κ3) is 2.09. The minimum absolute atomic E-state index is 0.0589. The van der Waals surface area contributed by atoms with Gasteiger partial charge in [0, 0.05) is 18.2 Å². The topological polar surface area (TPSA) is 41.1 Å². The van der Waals surface area contributed by atoms with Gasteiger partial charge in [0.1, 0.15) is 0 Å². The SMILES string of the molecule is O=C(NCC1CC2CCC1C2)C1CSCN1. The molecule has 16 heavy (non-hydrogen) atoms. The van der Waals surface area contributed by atoms with Crippen LogP contribution in [0.25, 0.3) is 0 Å². The Morgan fingerprint density at radius 3 is 2.94 bits per heavy atom. The van der Waals surface area contributed by atoms with Crippen molar-refractivity contribution in [1.82, 2.24) is 10.6 Å². The fraction of sp³-hybridized carbons (Fsp3) is 0.917. The molecule has 0 spiro atoms. The monoisotopic (exact) mass is 240 g/mol. The molecule has 0 radical (unpaired) electrons. The van der Waals surface area contributed by atoms with Gasteiger partial charge in [-0.3, -0.25) is 10.1 Å². The molecule has 4 atom stereocenters. The van der Waals surface area contributed by atoms with Gasteiger partial charge in [0.05, 0.1) is 6.04 Å². The van der Waals surface area contributed by atoms with Gasteiger partial charge in [-0.1, -0.05) is 6.42 Å². The van der Waals surface area contributed by atoms with Crippen LogP contribution < -0.4 is 10.6 Å². The van der Waals surface area contributed by atoms with E-state index < -0.39 is 0 Å². The summed E-state index contributed by atoms with van der Waals surface area (Å²) in [6.45, 7) is 0.919. The van der Waals surface area contributed by atoms with E-state index >= 15 is 0 Å². The van der Waals surface area contributed by atoms with Gasteiger partial charge < -0.3 is 5.32 Å². The average molecular weight is 240 g/mol. The van der Waals surface area contributed by atoms with E-state index in [1.165, 1.54) is 25.7 Å². The van der Waals surface area contributed by atoms with Crippen molar-refractivity contribution in [2.75, 3.05) is 18.2 Å². The average Bonchev–Trinajstić information content (AvgIpc) is 3.01. The number of carbonyl (C=O) groups is 1. The second-order valence-electron chi connectivity index (χ2n) is 5.45. The van der Waals surface area contributed by atoms with Gasteiger partial charge in [0.2, 0.25) is 5.91 Å². The molecule has 0 aromatic carbocycles. The van der Waals surface area contributed by atoms with Gasteiger partial charge in [-0.05, 0) is 37.0 Å². The fourth-order valence-corrected chi connectivity index (χ4v) is 4.49. The van der Waals surface area contributed by atoms with Crippen molar-refractivity contribution in [1.29, 1.82) is 0 Å². The number of carbonyl (C=O) groups excluding carboxylic acids is 1. The Morgan fingerprint density at radius 2 is 2.31 bits per heavy atom. The molecule has 2 saturated carbocycles. The third-order valence-electron chi connectivity index (χ3n) is 4.46. The predicted molar refractivity (Wildman–Crippen MR) is 66.2 cm³/mol. The Kier molecular flexibility index (Phi) is 3.11. The number of nitrogens with one attached hydrogen (secondary N) is 2. The second-order valence-corrected chi connectivity index (χ2v) is 6.48. The summed E-state index contributed by atoms with van der Waals surface area (Å²) in [4.78, 5) is 11.8. The molecule has 2 bridgehead atoms. The second kappa shape index (κ2) is 4.57. The summed E-state index contributed by atoms with van der Waals surface area (Å²) in [5.41, 5.74) is 0. The fourth-order valence-electron chi connectivity index (χ4n) is 3.54. The molecule has 1 aliphatic heterocycles. The van der Waals surface area contributed by atoms with Crippen molar-refractivity contribution in [3.8, 4) is 0 Å². The maximum Gasteiger partial charge on any atom is 0.238 e. The highest BCUT2D eigenvalue weighted by Crippen LogP contribution is 2.47. The highest BCUT2D eigenvalue weighted by Gasteiger charge is 2.39. The molecule has 90 valence electrons. The summed E-state index contributed by atoms with van der Waals surface area (Å²) in [5, 5.41) is 6.35. The number of hydrogen-bond donors (Lipinski definition) is 2. The van der Waals surface area contributed by atoms with Crippen LogP contribution in [0.2, 0.25) is 0 Å². The van der Waals surface area contributed by atoms with Crippen molar-refractivity contribution in [2.24, 2.45) is 17.8 Å². The molecule has 3 nitrogen and oxygen atoms in total. The van der Waals surface area contributed by atoms with Crippen LogP contribution in [0.15, 0.2) is 0 Å². The van der Waals surface area contributed by atoms with E-state index in [0.717, 1.165) is 35.9 Å². The van der Waals surface area contributed by atoms with Gasteiger partial charge in [0.25, 0.3) is 0 Å². The first-order valence-electron chi connectivity index (χ1n) is 6.42. The minimum atomic E-state index is 0.0589.